The number of hydrogen-bond acceptors (Lipinski definition) is 1. The predicted molar refractivity (Wildman–Crippen MR) is 149 cm³/mol. The molecule has 0 spiro atoms. The second kappa shape index (κ2) is 9.49. The Morgan fingerprint density at radius 1 is 0.400 bits per heavy atom. The first-order valence-corrected chi connectivity index (χ1v) is 15.4. The molecule has 0 aromatic carbocycles. The van der Waals surface area contributed by atoms with Crippen molar-refractivity contribution in [2.75, 3.05) is 0 Å². The molecule has 0 aliphatic heterocycles. The molecule has 0 aromatic heterocycles. The summed E-state index contributed by atoms with van der Waals surface area (Å²) >= 11 is 0. The second-order valence-electron chi connectivity index (χ2n) is 14.5. The zero-order chi connectivity index (χ0) is 24.7. The van der Waals surface area contributed by atoms with Crippen molar-refractivity contribution < 1.29 is 0 Å². The highest BCUT2D eigenvalue weighted by Gasteiger charge is 2.48. The third kappa shape index (κ3) is 8.89. The zero-order valence-corrected chi connectivity index (χ0v) is 26.5. The van der Waals surface area contributed by atoms with Crippen molar-refractivity contribution in [3.63, 3.8) is 0 Å². The molecular weight excluding hydrogens is 419 g/mol. The predicted octanol–water partition coefficient (Wildman–Crippen LogP) is 10.3. The molecule has 30 heavy (non-hydrogen) atoms. The molecule has 0 atom stereocenters. The van der Waals surface area contributed by atoms with Crippen LogP contribution in [0.2, 0.25) is 0 Å². The van der Waals surface area contributed by atoms with Gasteiger partial charge in [-0.3, -0.25) is 4.44 Å². The molecule has 0 amide bonds. The van der Waals surface area contributed by atoms with Crippen molar-refractivity contribution in [3.05, 3.63) is 0 Å². The van der Waals surface area contributed by atoms with E-state index in [-0.39, 0.29) is 30.9 Å². The van der Waals surface area contributed by atoms with Gasteiger partial charge in [-0.25, -0.2) is 0 Å². The van der Waals surface area contributed by atoms with Gasteiger partial charge < -0.3 is 0 Å². The molecule has 0 aliphatic rings. The zero-order valence-electron chi connectivity index (χ0n) is 23.8. The molecule has 0 rings (SSSR count). The topological polar surface area (TPSA) is 3.24 Å². The lowest BCUT2D eigenvalue weighted by atomic mass is 10.2. The second-order valence-corrected chi connectivity index (χ2v) is 25.8. The minimum absolute atomic E-state index is 0.200. The molecule has 4 heteroatoms. The Morgan fingerprint density at radius 2 is 0.633 bits per heavy atom. The van der Waals surface area contributed by atoms with Crippen LogP contribution in [0.1, 0.15) is 125 Å². The first-order valence-electron chi connectivity index (χ1n) is 11.4. The minimum atomic E-state index is -0.478. The van der Waals surface area contributed by atoms with Crippen LogP contribution in [0.3, 0.4) is 0 Å². The molecule has 0 heterocycles. The molecule has 0 saturated carbocycles. The van der Waals surface area contributed by atoms with E-state index in [9.17, 15) is 0 Å². The van der Waals surface area contributed by atoms with Crippen LogP contribution < -0.4 is 0 Å². The minimum Gasteiger partial charge on any atom is -0.289 e. The van der Waals surface area contributed by atoms with Gasteiger partial charge in [0.2, 0.25) is 0 Å². The summed E-state index contributed by atoms with van der Waals surface area (Å²) in [6.07, 6.45) is 0. The van der Waals surface area contributed by atoms with Crippen LogP contribution in [-0.2, 0) is 0 Å². The third-order valence-electron chi connectivity index (χ3n) is 4.52. The van der Waals surface area contributed by atoms with Crippen molar-refractivity contribution in [1.82, 2.24) is 4.44 Å². The molecule has 0 aliphatic carbocycles. The lowest BCUT2D eigenvalue weighted by molar-refractivity contribution is 0.634. The number of nitrogens with zero attached hydrogens (tertiary/aromatic N) is 1. The van der Waals surface area contributed by atoms with Gasteiger partial charge in [0.05, 0.1) is 0 Å². The molecule has 0 saturated heterocycles. The van der Waals surface area contributed by atoms with Crippen molar-refractivity contribution >= 4 is 24.1 Å². The highest BCUT2D eigenvalue weighted by atomic mass is 31.2. The Hall–Kier alpha value is 0.650. The van der Waals surface area contributed by atoms with Gasteiger partial charge in [-0.1, -0.05) is 130 Å². The fraction of sp³-hybridized carbons (Fsp3) is 0.923. The summed E-state index contributed by atoms with van der Waals surface area (Å²) in [5.41, 5.74) is 3.92. The molecule has 0 bridgehead atoms. The summed E-state index contributed by atoms with van der Waals surface area (Å²) < 4.78 is 2.73. The Balaban J connectivity index is 7.07. The molecular formula is C26H54NP3. The van der Waals surface area contributed by atoms with E-state index < -0.39 is 24.1 Å². The van der Waals surface area contributed by atoms with Gasteiger partial charge in [-0.2, -0.15) is 0 Å². The summed E-state index contributed by atoms with van der Waals surface area (Å²) in [6.45, 7) is 43.3. The van der Waals surface area contributed by atoms with E-state index in [0.29, 0.717) is 0 Å². The van der Waals surface area contributed by atoms with Gasteiger partial charge in [0.1, 0.15) is 0 Å². The van der Waals surface area contributed by atoms with Crippen molar-refractivity contribution in [1.29, 1.82) is 0 Å². The highest BCUT2D eigenvalue weighted by Crippen LogP contribution is 2.75. The van der Waals surface area contributed by atoms with Gasteiger partial charge in [0.15, 0.2) is 0 Å². The van der Waals surface area contributed by atoms with E-state index in [1.807, 2.05) is 0 Å². The first kappa shape index (κ1) is 30.6. The van der Waals surface area contributed by atoms with E-state index in [4.69, 9.17) is 0 Å². The molecule has 0 unspecified atom stereocenters. The van der Waals surface area contributed by atoms with Crippen LogP contribution in [0.4, 0.5) is 0 Å². The largest absolute Gasteiger partial charge is 0.289 e. The molecule has 0 radical (unpaired) electrons. The fourth-order valence-corrected chi connectivity index (χ4v) is 18.3. The van der Waals surface area contributed by atoms with Gasteiger partial charge in [0.25, 0.3) is 0 Å². The van der Waals surface area contributed by atoms with E-state index in [1.165, 1.54) is 0 Å². The quantitative estimate of drug-likeness (QED) is 0.219. The Kier molecular flexibility index (Phi) is 9.69. The lowest BCUT2D eigenvalue weighted by Gasteiger charge is -2.55. The summed E-state index contributed by atoms with van der Waals surface area (Å²) in [5.74, 6) is 0. The van der Waals surface area contributed by atoms with E-state index in [1.54, 1.807) is 0 Å². The monoisotopic (exact) mass is 473 g/mol. The normalized spacial score (nSPS) is 15.0. The molecule has 1 nitrogen and oxygen atoms in total. The Labute approximate surface area is 195 Å². The lowest BCUT2D eigenvalue weighted by Crippen LogP contribution is -2.39. The summed E-state index contributed by atoms with van der Waals surface area (Å²) in [6, 6.07) is 3.93. The number of rotatable bonds is 2. The maximum absolute atomic E-state index is 3.93. The standard InChI is InChI=1S/C26H54NP3/c1-21(2,3)28(22(4,5)6)20-19-27(29(23(7,8)9)24(10,11)12)30(25(13,14)15)26(16,17)18/h1-18H3. The average Bonchev–Trinajstić information content (AvgIpc) is 2.26. The van der Waals surface area contributed by atoms with Gasteiger partial charge in [0, 0.05) is 42.8 Å². The van der Waals surface area contributed by atoms with E-state index >= 15 is 0 Å². The maximum atomic E-state index is 3.93. The van der Waals surface area contributed by atoms with E-state index in [0.717, 1.165) is 0 Å². The molecule has 178 valence electrons. The third-order valence-corrected chi connectivity index (χ3v) is 14.6. The summed E-state index contributed by atoms with van der Waals surface area (Å²) in [7, 11) is -1.41. The Morgan fingerprint density at radius 3 is 0.800 bits per heavy atom. The van der Waals surface area contributed by atoms with Crippen molar-refractivity contribution in [2.45, 2.75) is 156 Å². The summed E-state index contributed by atoms with van der Waals surface area (Å²) in [5, 5.41) is 1.23. The van der Waals surface area contributed by atoms with Crippen LogP contribution >= 0.6 is 24.1 Å². The fourth-order valence-electron chi connectivity index (χ4n) is 4.77. The van der Waals surface area contributed by atoms with Gasteiger partial charge in [-0.05, 0) is 18.2 Å². The van der Waals surface area contributed by atoms with E-state index in [2.05, 4.69) is 141 Å². The van der Waals surface area contributed by atoms with Gasteiger partial charge >= 0.3 is 0 Å². The smallest absolute Gasteiger partial charge is 0.0191 e. The van der Waals surface area contributed by atoms with Crippen molar-refractivity contribution in [3.8, 4) is 11.7 Å². The molecule has 0 aromatic rings. The SMILES string of the molecule is CC(C)(C)P(C#CN(P(C(C)(C)C)C(C)(C)C)P(C(C)(C)C)C(C)(C)C)C(C)(C)C. The molecule has 0 fully saturated rings. The first-order chi connectivity index (χ1) is 12.7. The van der Waals surface area contributed by atoms with Crippen molar-refractivity contribution in [2.24, 2.45) is 0 Å². The van der Waals surface area contributed by atoms with Crippen LogP contribution in [0.15, 0.2) is 0 Å². The maximum Gasteiger partial charge on any atom is 0.0191 e. The van der Waals surface area contributed by atoms with Crippen LogP contribution in [0.5, 0.6) is 0 Å². The molecule has 0 N–H and O–H groups in total. The van der Waals surface area contributed by atoms with Crippen LogP contribution in [0, 0.1) is 11.7 Å². The average molecular weight is 474 g/mol. The van der Waals surface area contributed by atoms with Crippen LogP contribution in [0.25, 0.3) is 0 Å². The Bertz CT molecular complexity index is 540. The highest BCUT2D eigenvalue weighted by molar-refractivity contribution is 7.73. The summed E-state index contributed by atoms with van der Waals surface area (Å²) in [4.78, 5) is 0. The van der Waals surface area contributed by atoms with Gasteiger partial charge in [-0.15, -0.1) is 0 Å². The van der Waals surface area contributed by atoms with Crippen LogP contribution in [-0.4, -0.2) is 35.4 Å². The number of hydrogen-bond donors (Lipinski definition) is 0.